The molecule has 1 aliphatic heterocycles. The van der Waals surface area contributed by atoms with Gasteiger partial charge in [-0.15, -0.1) is 0 Å². The molecule has 1 aromatic carbocycles. The first-order valence-corrected chi connectivity index (χ1v) is 12.4. The van der Waals surface area contributed by atoms with Crippen molar-refractivity contribution >= 4 is 5.97 Å². The average molecular weight is 429 g/mol. The van der Waals surface area contributed by atoms with Gasteiger partial charge in [-0.25, -0.2) is 0 Å². The molecule has 4 aliphatic rings. The van der Waals surface area contributed by atoms with Crippen molar-refractivity contribution in [3.05, 3.63) is 29.3 Å². The van der Waals surface area contributed by atoms with E-state index in [4.69, 9.17) is 14.2 Å². The molecule has 0 radical (unpaired) electrons. The topological polar surface area (TPSA) is 49.2 Å². The molecule has 0 spiro atoms. The van der Waals surface area contributed by atoms with Crippen LogP contribution >= 0.6 is 0 Å². The Kier molecular flexibility index (Phi) is 6.00. The van der Waals surface area contributed by atoms with E-state index >= 15 is 0 Å². The van der Waals surface area contributed by atoms with Gasteiger partial charge in [-0.05, 0) is 79.5 Å². The largest absolute Gasteiger partial charge is 0.497 e. The highest BCUT2D eigenvalue weighted by Crippen LogP contribution is 2.61. The van der Waals surface area contributed by atoms with Crippen molar-refractivity contribution in [1.82, 2.24) is 0 Å². The Morgan fingerprint density at radius 3 is 2.84 bits per heavy atom. The fraction of sp³-hybridized carbons (Fsp3) is 0.731. The normalized spacial score (nSPS) is 35.0. The quantitative estimate of drug-likeness (QED) is 0.733. The number of ether oxygens (including phenoxy) is 3. The Morgan fingerprint density at radius 2 is 2.03 bits per heavy atom. The smallest absolute Gasteiger partial charge is 0.311 e. The van der Waals surface area contributed by atoms with Crippen LogP contribution in [0.1, 0.15) is 62.5 Å². The van der Waals surface area contributed by atoms with Crippen LogP contribution in [0.5, 0.6) is 5.75 Å². The molecule has 5 rings (SSSR count). The molecule has 5 heteroatoms. The Labute approximate surface area is 186 Å². The van der Waals surface area contributed by atoms with Crippen molar-refractivity contribution in [2.45, 2.75) is 63.9 Å². The van der Waals surface area contributed by atoms with E-state index in [0.717, 1.165) is 63.8 Å². The van der Waals surface area contributed by atoms with E-state index in [1.54, 1.807) is 12.7 Å². The third-order valence-electron chi connectivity index (χ3n) is 9.00. The van der Waals surface area contributed by atoms with Gasteiger partial charge in [0.05, 0.1) is 33.3 Å². The summed E-state index contributed by atoms with van der Waals surface area (Å²) in [5, 5.41) is 0. The van der Waals surface area contributed by atoms with Crippen molar-refractivity contribution in [2.24, 2.45) is 17.3 Å². The summed E-state index contributed by atoms with van der Waals surface area (Å²) in [5.41, 5.74) is 3.18. The van der Waals surface area contributed by atoms with Crippen LogP contribution in [-0.4, -0.2) is 52.0 Å². The Balaban J connectivity index is 1.23. The van der Waals surface area contributed by atoms with Crippen molar-refractivity contribution in [2.75, 3.05) is 40.0 Å². The second-order valence-electron chi connectivity index (χ2n) is 10.4. The molecular formula is C26H38NO4+. The predicted octanol–water partition coefficient (Wildman–Crippen LogP) is 2.77. The monoisotopic (exact) mass is 428 g/mol. The lowest BCUT2D eigenvalue weighted by Gasteiger charge is -2.50. The lowest BCUT2D eigenvalue weighted by Crippen LogP contribution is -3.14. The van der Waals surface area contributed by atoms with Crippen LogP contribution in [0.25, 0.3) is 0 Å². The number of esters is 1. The summed E-state index contributed by atoms with van der Waals surface area (Å²) in [7, 11) is 1.75. The number of hydrogen-bond acceptors (Lipinski definition) is 4. The number of methoxy groups -OCH3 is 1. The molecule has 170 valence electrons. The summed E-state index contributed by atoms with van der Waals surface area (Å²) in [6.45, 7) is 6.92. The van der Waals surface area contributed by atoms with Crippen LogP contribution in [0, 0.1) is 17.3 Å². The lowest BCUT2D eigenvalue weighted by molar-refractivity contribution is -0.907. The molecule has 1 N–H and O–H groups in total. The molecule has 0 unspecified atom stereocenters. The fourth-order valence-corrected chi connectivity index (χ4v) is 7.24. The first-order valence-electron chi connectivity index (χ1n) is 12.4. The highest BCUT2D eigenvalue weighted by Gasteiger charge is 2.56. The lowest BCUT2D eigenvalue weighted by atomic mass is 9.55. The average Bonchev–Trinajstić information content (AvgIpc) is 3.13. The molecule has 1 heterocycles. The van der Waals surface area contributed by atoms with E-state index in [2.05, 4.69) is 25.1 Å². The highest BCUT2D eigenvalue weighted by molar-refractivity contribution is 5.69. The Hall–Kier alpha value is -1.59. The number of carbonyl (C=O) groups is 1. The molecule has 31 heavy (non-hydrogen) atoms. The number of quaternary nitrogens is 1. The van der Waals surface area contributed by atoms with Crippen LogP contribution in [0.4, 0.5) is 0 Å². The van der Waals surface area contributed by atoms with E-state index in [1.807, 2.05) is 0 Å². The third-order valence-corrected chi connectivity index (χ3v) is 9.00. The van der Waals surface area contributed by atoms with Gasteiger partial charge in [0.15, 0.2) is 0 Å². The molecule has 5 nitrogen and oxygen atoms in total. The fourth-order valence-electron chi connectivity index (χ4n) is 7.24. The number of fused-ring (bicyclic) bond motifs is 5. The van der Waals surface area contributed by atoms with Gasteiger partial charge in [0.25, 0.3) is 0 Å². The highest BCUT2D eigenvalue weighted by atomic mass is 16.5. The van der Waals surface area contributed by atoms with Crippen LogP contribution in [0.3, 0.4) is 0 Å². The van der Waals surface area contributed by atoms with Crippen molar-refractivity contribution in [1.29, 1.82) is 0 Å². The second-order valence-corrected chi connectivity index (χ2v) is 10.4. The van der Waals surface area contributed by atoms with Gasteiger partial charge in [-0.3, -0.25) is 4.79 Å². The maximum Gasteiger partial charge on any atom is 0.311 e. The Morgan fingerprint density at radius 1 is 1.19 bits per heavy atom. The van der Waals surface area contributed by atoms with Gasteiger partial charge in [0, 0.05) is 5.41 Å². The number of nitrogens with one attached hydrogen (secondary N) is 1. The van der Waals surface area contributed by atoms with Crippen LogP contribution in [0.2, 0.25) is 0 Å². The maximum atomic E-state index is 12.7. The summed E-state index contributed by atoms with van der Waals surface area (Å²) in [6, 6.07) is 6.69. The third kappa shape index (κ3) is 4.00. The number of aryl methyl sites for hydroxylation is 1. The maximum absolute atomic E-state index is 12.7. The van der Waals surface area contributed by atoms with E-state index in [0.29, 0.717) is 18.3 Å². The van der Waals surface area contributed by atoms with Crippen molar-refractivity contribution < 1.29 is 23.9 Å². The molecule has 0 aromatic heterocycles. The zero-order valence-electron chi connectivity index (χ0n) is 19.2. The van der Waals surface area contributed by atoms with Gasteiger partial charge < -0.3 is 19.1 Å². The predicted molar refractivity (Wildman–Crippen MR) is 118 cm³/mol. The molecule has 1 aromatic rings. The standard InChI is InChI=1S/C26H37NO4/c1-26-11-9-21-20-6-4-19(29-2)17-18(20)3-5-22(21)23(26)7-8-24(26)31-25(28)10-12-27-13-15-30-16-14-27/h4,6,17,21-24H,3,5,7-16H2,1-2H3/p+1/t21-,22+,23+,24+,26+/m1/s1. The minimum Gasteiger partial charge on any atom is -0.497 e. The molecule has 5 atom stereocenters. The van der Waals surface area contributed by atoms with Gasteiger partial charge in [0.1, 0.15) is 24.9 Å². The van der Waals surface area contributed by atoms with Crippen LogP contribution in [0.15, 0.2) is 18.2 Å². The van der Waals surface area contributed by atoms with E-state index in [9.17, 15) is 4.79 Å². The number of rotatable bonds is 5. The number of benzene rings is 1. The van der Waals surface area contributed by atoms with Crippen molar-refractivity contribution in [3.8, 4) is 5.75 Å². The first-order chi connectivity index (χ1) is 15.1. The molecule has 3 fully saturated rings. The molecular weight excluding hydrogens is 390 g/mol. The number of morpholine rings is 1. The van der Waals surface area contributed by atoms with Gasteiger partial charge in [0.2, 0.25) is 0 Å². The van der Waals surface area contributed by atoms with Crippen LogP contribution < -0.4 is 9.64 Å². The zero-order chi connectivity index (χ0) is 21.4. The molecule has 0 bridgehead atoms. The summed E-state index contributed by atoms with van der Waals surface area (Å²) in [5.74, 6) is 3.04. The molecule has 2 saturated carbocycles. The molecule has 1 saturated heterocycles. The minimum absolute atomic E-state index is 0.00840. The van der Waals surface area contributed by atoms with Gasteiger partial charge in [-0.1, -0.05) is 13.0 Å². The van der Waals surface area contributed by atoms with Gasteiger partial charge in [-0.2, -0.15) is 0 Å². The Bertz CT molecular complexity index is 805. The molecule has 0 amide bonds. The summed E-state index contributed by atoms with van der Waals surface area (Å²) in [4.78, 5) is 14.2. The second kappa shape index (κ2) is 8.74. The summed E-state index contributed by atoms with van der Waals surface area (Å²) >= 11 is 0. The first kappa shape index (κ1) is 21.3. The SMILES string of the molecule is COc1ccc2c(c1)CC[C@H]1[C@@H]2CC[C@]2(C)[C@@H](OC(=O)CC[NH+]3CCOCC3)CC[C@@H]12. The van der Waals surface area contributed by atoms with E-state index < -0.39 is 0 Å². The van der Waals surface area contributed by atoms with Gasteiger partial charge >= 0.3 is 5.97 Å². The zero-order valence-corrected chi connectivity index (χ0v) is 19.2. The van der Waals surface area contributed by atoms with E-state index in [1.165, 1.54) is 29.7 Å². The van der Waals surface area contributed by atoms with E-state index in [-0.39, 0.29) is 17.5 Å². The number of hydrogen-bond donors (Lipinski definition) is 1. The molecule has 3 aliphatic carbocycles. The minimum atomic E-state index is 0.00840. The van der Waals surface area contributed by atoms with Crippen LogP contribution in [-0.2, 0) is 20.7 Å². The van der Waals surface area contributed by atoms with Crippen molar-refractivity contribution in [3.63, 3.8) is 0 Å². The number of carbonyl (C=O) groups excluding carboxylic acids is 1. The summed E-state index contributed by atoms with van der Waals surface area (Å²) in [6.07, 6.45) is 7.65. The summed E-state index contributed by atoms with van der Waals surface area (Å²) < 4.78 is 17.0.